The van der Waals surface area contributed by atoms with Crippen molar-refractivity contribution in [3.05, 3.63) is 57.5 Å². The Hall–Kier alpha value is -4.01. The third-order valence-corrected chi connectivity index (χ3v) is 6.39. The highest BCUT2D eigenvalue weighted by Crippen LogP contribution is 2.34. The molecular weight excluding hydrogens is 534 g/mol. The lowest BCUT2D eigenvalue weighted by Gasteiger charge is -2.13. The molecule has 12 heteroatoms. The summed E-state index contributed by atoms with van der Waals surface area (Å²) in [5, 5.41) is 10.8. The number of nitriles is 1. The molecule has 1 aliphatic heterocycles. The van der Waals surface area contributed by atoms with E-state index in [-0.39, 0.29) is 34.4 Å². The normalized spacial score (nSPS) is 13.8. The first kappa shape index (κ1) is 28.6. The monoisotopic (exact) mass is 557 g/mol. The van der Waals surface area contributed by atoms with Gasteiger partial charge in [-0.25, -0.2) is 4.79 Å². The van der Waals surface area contributed by atoms with Gasteiger partial charge in [0.15, 0.2) is 18.1 Å². The fourth-order valence-corrected chi connectivity index (χ4v) is 4.31. The lowest BCUT2D eigenvalue weighted by molar-refractivity contribution is -0.127. The summed E-state index contributed by atoms with van der Waals surface area (Å²) in [6, 6.07) is 11.0. The number of halogens is 1. The molecule has 0 spiro atoms. The zero-order valence-electron chi connectivity index (χ0n) is 20.6. The van der Waals surface area contributed by atoms with E-state index in [4.69, 9.17) is 31.1 Å². The molecule has 0 bridgehead atoms. The fourth-order valence-electron chi connectivity index (χ4n) is 3.28. The van der Waals surface area contributed by atoms with E-state index >= 15 is 0 Å². The molecule has 1 N–H and O–H groups in total. The summed E-state index contributed by atoms with van der Waals surface area (Å²) in [5.41, 5.74) is 0.907. The van der Waals surface area contributed by atoms with Gasteiger partial charge < -0.3 is 19.5 Å². The number of nitrogens with one attached hydrogen (secondary N) is 1. The van der Waals surface area contributed by atoms with E-state index in [9.17, 15) is 19.2 Å². The molecule has 1 aliphatic rings. The first-order chi connectivity index (χ1) is 18.3. The summed E-state index contributed by atoms with van der Waals surface area (Å²) >= 11 is 6.80. The Labute approximate surface area is 228 Å². The number of ether oxygens (including phenoxy) is 3. The number of thioether (sulfide) groups is 1. The van der Waals surface area contributed by atoms with Gasteiger partial charge in [0.1, 0.15) is 12.6 Å². The van der Waals surface area contributed by atoms with Crippen LogP contribution in [0.1, 0.15) is 35.7 Å². The smallest absolute Gasteiger partial charge is 0.339 e. The van der Waals surface area contributed by atoms with Gasteiger partial charge in [-0.2, -0.15) is 5.26 Å². The van der Waals surface area contributed by atoms with Crippen LogP contribution in [0.4, 0.5) is 10.5 Å². The largest absolute Gasteiger partial charge is 0.493 e. The minimum atomic E-state index is -0.637. The van der Waals surface area contributed by atoms with Crippen LogP contribution < -0.4 is 14.8 Å². The van der Waals surface area contributed by atoms with Gasteiger partial charge in [0, 0.05) is 5.69 Å². The Bertz CT molecular complexity index is 1320. The van der Waals surface area contributed by atoms with Gasteiger partial charge in [0.25, 0.3) is 11.1 Å². The van der Waals surface area contributed by atoms with Crippen LogP contribution in [-0.4, -0.2) is 54.8 Å². The number of imide groups is 1. The minimum absolute atomic E-state index is 0.0918. The molecule has 3 amide bonds. The summed E-state index contributed by atoms with van der Waals surface area (Å²) in [4.78, 5) is 51.2. The number of hydrogen-bond acceptors (Lipinski definition) is 9. The number of carbonyl (C=O) groups is 4. The van der Waals surface area contributed by atoms with Crippen molar-refractivity contribution >= 4 is 58.1 Å². The molecule has 0 aliphatic carbocycles. The number of unbranched alkanes of at least 4 members (excludes halogenated alkanes) is 1. The van der Waals surface area contributed by atoms with Gasteiger partial charge >= 0.3 is 5.97 Å². The van der Waals surface area contributed by atoms with E-state index in [2.05, 4.69) is 5.32 Å². The third-order valence-electron chi connectivity index (χ3n) is 5.15. The van der Waals surface area contributed by atoms with Crippen molar-refractivity contribution in [3.63, 3.8) is 0 Å². The number of nitrogens with zero attached hydrogens (tertiary/aromatic N) is 2. The SMILES string of the molecule is CCCCOC(=O)c1cc(NC(=O)CN2C(=O)S/C(=C\c3ccc(OCC#N)c(OC)c3)C2=O)ccc1Cl. The number of amides is 3. The summed E-state index contributed by atoms with van der Waals surface area (Å²) in [7, 11) is 1.43. The fraction of sp³-hybridized carbons (Fsp3) is 0.269. The van der Waals surface area contributed by atoms with Crippen molar-refractivity contribution in [1.29, 1.82) is 5.26 Å². The predicted molar refractivity (Wildman–Crippen MR) is 142 cm³/mol. The summed E-state index contributed by atoms with van der Waals surface area (Å²) < 4.78 is 15.7. The Kier molecular flexibility index (Phi) is 10.2. The van der Waals surface area contributed by atoms with Crippen molar-refractivity contribution in [2.45, 2.75) is 19.8 Å². The van der Waals surface area contributed by atoms with Crippen LogP contribution in [0, 0.1) is 11.3 Å². The molecule has 0 saturated carbocycles. The van der Waals surface area contributed by atoms with Crippen molar-refractivity contribution in [3.8, 4) is 17.6 Å². The molecule has 3 rings (SSSR count). The first-order valence-corrected chi connectivity index (χ1v) is 12.7. The highest BCUT2D eigenvalue weighted by atomic mass is 35.5. The van der Waals surface area contributed by atoms with Gasteiger partial charge in [-0.1, -0.05) is 31.0 Å². The van der Waals surface area contributed by atoms with Crippen molar-refractivity contribution in [2.75, 3.05) is 32.2 Å². The number of esters is 1. The van der Waals surface area contributed by atoms with Crippen LogP contribution in [0.15, 0.2) is 41.3 Å². The molecule has 2 aromatic carbocycles. The third kappa shape index (κ3) is 7.27. The number of hydrogen-bond donors (Lipinski definition) is 1. The maximum absolute atomic E-state index is 12.8. The second-order valence-electron chi connectivity index (χ2n) is 7.86. The number of carbonyl (C=O) groups excluding carboxylic acids is 4. The standard InChI is InChI=1S/C26H24ClN3O7S/c1-3-4-10-37-25(33)18-14-17(6-7-19(18)27)29-23(31)15-30-24(32)22(38-26(30)34)13-16-5-8-20(36-11-9-28)21(12-16)35-2/h5-8,12-14H,3-4,10-11,15H2,1-2H3,(H,29,31)/b22-13-. The quantitative estimate of drug-likeness (QED) is 0.233. The Morgan fingerprint density at radius 3 is 2.68 bits per heavy atom. The van der Waals surface area contributed by atoms with Gasteiger partial charge in [0.2, 0.25) is 5.91 Å². The van der Waals surface area contributed by atoms with Crippen LogP contribution in [-0.2, 0) is 14.3 Å². The summed E-state index contributed by atoms with van der Waals surface area (Å²) in [6.45, 7) is 1.54. The van der Waals surface area contributed by atoms with Gasteiger partial charge in [-0.3, -0.25) is 19.3 Å². The van der Waals surface area contributed by atoms with Crippen molar-refractivity contribution in [2.24, 2.45) is 0 Å². The van der Waals surface area contributed by atoms with Gasteiger partial charge in [0.05, 0.1) is 29.2 Å². The zero-order valence-corrected chi connectivity index (χ0v) is 22.2. The second-order valence-corrected chi connectivity index (χ2v) is 9.26. The van der Waals surface area contributed by atoms with E-state index in [1.54, 1.807) is 18.2 Å². The molecule has 2 aromatic rings. The molecule has 0 aromatic heterocycles. The summed E-state index contributed by atoms with van der Waals surface area (Å²) in [6.07, 6.45) is 3.07. The van der Waals surface area contributed by atoms with Gasteiger partial charge in [-0.05, 0) is 60.2 Å². The molecule has 0 unspecified atom stereocenters. The van der Waals surface area contributed by atoms with Crippen LogP contribution in [0.2, 0.25) is 5.02 Å². The van der Waals surface area contributed by atoms with E-state index in [1.807, 2.05) is 13.0 Å². The predicted octanol–water partition coefficient (Wildman–Crippen LogP) is 4.88. The maximum Gasteiger partial charge on any atom is 0.339 e. The maximum atomic E-state index is 12.8. The molecule has 0 radical (unpaired) electrons. The van der Waals surface area contributed by atoms with Crippen LogP contribution in [0.25, 0.3) is 6.08 Å². The highest BCUT2D eigenvalue weighted by molar-refractivity contribution is 8.18. The van der Waals surface area contributed by atoms with Crippen molar-refractivity contribution in [1.82, 2.24) is 4.90 Å². The van der Waals surface area contributed by atoms with Crippen LogP contribution in [0.5, 0.6) is 11.5 Å². The first-order valence-electron chi connectivity index (χ1n) is 11.5. The molecular formula is C26H24ClN3O7S. The number of methoxy groups -OCH3 is 1. The molecule has 0 atom stereocenters. The van der Waals surface area contributed by atoms with E-state index in [0.29, 0.717) is 35.2 Å². The van der Waals surface area contributed by atoms with E-state index < -0.39 is 29.6 Å². The summed E-state index contributed by atoms with van der Waals surface area (Å²) in [5.74, 6) is -1.17. The highest BCUT2D eigenvalue weighted by Gasteiger charge is 2.36. The Balaban J connectivity index is 1.67. The van der Waals surface area contributed by atoms with Crippen LogP contribution >= 0.6 is 23.4 Å². The average Bonchev–Trinajstić information content (AvgIpc) is 3.16. The van der Waals surface area contributed by atoms with Crippen molar-refractivity contribution < 1.29 is 33.4 Å². The topological polar surface area (TPSA) is 135 Å². The minimum Gasteiger partial charge on any atom is -0.493 e. The lowest BCUT2D eigenvalue weighted by atomic mass is 10.2. The molecule has 1 fully saturated rings. The molecule has 1 saturated heterocycles. The zero-order chi connectivity index (χ0) is 27.7. The Morgan fingerprint density at radius 1 is 1.18 bits per heavy atom. The molecule has 1 heterocycles. The number of rotatable bonds is 11. The van der Waals surface area contributed by atoms with E-state index in [1.165, 1.54) is 31.4 Å². The second kappa shape index (κ2) is 13.5. The molecule has 38 heavy (non-hydrogen) atoms. The lowest BCUT2D eigenvalue weighted by Crippen LogP contribution is -2.36. The number of benzene rings is 2. The number of anilines is 1. The van der Waals surface area contributed by atoms with E-state index in [0.717, 1.165) is 11.3 Å². The molecule has 10 nitrogen and oxygen atoms in total. The van der Waals surface area contributed by atoms with Crippen LogP contribution in [0.3, 0.4) is 0 Å². The average molecular weight is 558 g/mol. The Morgan fingerprint density at radius 2 is 1.97 bits per heavy atom. The van der Waals surface area contributed by atoms with Gasteiger partial charge in [-0.15, -0.1) is 0 Å². The molecule has 198 valence electrons.